The van der Waals surface area contributed by atoms with Gasteiger partial charge in [-0.1, -0.05) is 6.08 Å². The smallest absolute Gasteiger partial charge is 0.330 e. The van der Waals surface area contributed by atoms with Gasteiger partial charge in [0.15, 0.2) is 9.84 Å². The third-order valence-corrected chi connectivity index (χ3v) is 4.21. The quantitative estimate of drug-likeness (QED) is 0.644. The van der Waals surface area contributed by atoms with Crippen LogP contribution in [0.25, 0.3) is 0 Å². The van der Waals surface area contributed by atoms with Crippen LogP contribution in [0, 0.1) is 0 Å². The first kappa shape index (κ1) is 13.4. The van der Waals surface area contributed by atoms with Gasteiger partial charge in [0, 0.05) is 12.0 Å². The van der Waals surface area contributed by atoms with Gasteiger partial charge >= 0.3 is 5.69 Å². The molecule has 0 aliphatic carbocycles. The second-order valence-electron chi connectivity index (χ2n) is 4.17. The molecule has 1 unspecified atom stereocenters. The van der Waals surface area contributed by atoms with Crippen LogP contribution in [-0.4, -0.2) is 29.8 Å². The number of nitrogens with one attached hydrogen (secondary N) is 2. The van der Waals surface area contributed by atoms with Gasteiger partial charge < -0.3 is 11.1 Å². The van der Waals surface area contributed by atoms with E-state index in [1.54, 1.807) is 6.92 Å². The maximum atomic E-state index is 11.7. The van der Waals surface area contributed by atoms with Crippen molar-refractivity contribution < 1.29 is 8.42 Å². The Morgan fingerprint density at radius 3 is 2.74 bits per heavy atom. The van der Waals surface area contributed by atoms with Crippen LogP contribution in [0.4, 0.5) is 11.5 Å². The van der Waals surface area contributed by atoms with Crippen molar-refractivity contribution in [3.63, 3.8) is 0 Å². The zero-order valence-corrected chi connectivity index (χ0v) is 11.0. The van der Waals surface area contributed by atoms with E-state index in [9.17, 15) is 18.0 Å². The number of nitrogen functional groups attached to an aromatic ring is 1. The molecule has 9 heteroatoms. The van der Waals surface area contributed by atoms with Gasteiger partial charge in [-0.3, -0.25) is 14.3 Å². The molecule has 0 spiro atoms. The zero-order chi connectivity index (χ0) is 14.2. The van der Waals surface area contributed by atoms with E-state index in [2.05, 4.69) is 10.3 Å². The summed E-state index contributed by atoms with van der Waals surface area (Å²) >= 11 is 0. The highest BCUT2D eigenvalue weighted by Crippen LogP contribution is 2.16. The lowest BCUT2D eigenvalue weighted by Crippen LogP contribution is -2.35. The molecule has 2 rings (SSSR count). The normalized spacial score (nSPS) is 20.6. The molecule has 1 aromatic rings. The van der Waals surface area contributed by atoms with Crippen LogP contribution < -0.4 is 22.3 Å². The molecule has 1 atom stereocenters. The number of anilines is 2. The SMILES string of the molecule is CCn1c(N)c(NC2C=CS(=O)(=O)C2)c(=O)[nH]c1=O. The number of hydrogen-bond donors (Lipinski definition) is 3. The molecule has 104 valence electrons. The molecule has 0 amide bonds. The highest BCUT2D eigenvalue weighted by Gasteiger charge is 2.23. The Morgan fingerprint density at radius 2 is 2.21 bits per heavy atom. The van der Waals surface area contributed by atoms with E-state index >= 15 is 0 Å². The molecule has 0 radical (unpaired) electrons. The summed E-state index contributed by atoms with van der Waals surface area (Å²) in [5.41, 5.74) is 4.50. The number of aromatic amines is 1. The number of nitrogens with two attached hydrogens (primary N) is 1. The van der Waals surface area contributed by atoms with Gasteiger partial charge in [0.25, 0.3) is 5.56 Å². The Balaban J connectivity index is 2.40. The van der Waals surface area contributed by atoms with E-state index in [0.29, 0.717) is 6.54 Å². The Kier molecular flexibility index (Phi) is 3.23. The molecule has 19 heavy (non-hydrogen) atoms. The molecule has 8 nitrogen and oxygen atoms in total. The van der Waals surface area contributed by atoms with Crippen LogP contribution in [0.2, 0.25) is 0 Å². The first-order valence-electron chi connectivity index (χ1n) is 5.64. The molecule has 0 saturated heterocycles. The Hall–Kier alpha value is -2.03. The third kappa shape index (κ3) is 2.55. The summed E-state index contributed by atoms with van der Waals surface area (Å²) in [6.07, 6.45) is 1.44. The average Bonchev–Trinajstić information content (AvgIpc) is 2.64. The largest absolute Gasteiger partial charge is 0.383 e. The topological polar surface area (TPSA) is 127 Å². The second kappa shape index (κ2) is 4.57. The van der Waals surface area contributed by atoms with E-state index in [0.717, 1.165) is 5.41 Å². The summed E-state index contributed by atoms with van der Waals surface area (Å²) < 4.78 is 23.7. The monoisotopic (exact) mass is 286 g/mol. The van der Waals surface area contributed by atoms with Gasteiger partial charge in [0.05, 0.1) is 11.8 Å². The molecule has 1 aliphatic rings. The van der Waals surface area contributed by atoms with Gasteiger partial charge in [-0.15, -0.1) is 0 Å². The fourth-order valence-electron chi connectivity index (χ4n) is 1.89. The Bertz CT molecular complexity index is 744. The first-order chi connectivity index (χ1) is 8.84. The lowest BCUT2D eigenvalue weighted by Gasteiger charge is -2.15. The van der Waals surface area contributed by atoms with Crippen LogP contribution in [0.1, 0.15) is 6.92 Å². The Morgan fingerprint density at radius 1 is 1.53 bits per heavy atom. The summed E-state index contributed by atoms with van der Waals surface area (Å²) in [5.74, 6) is -0.147. The highest BCUT2D eigenvalue weighted by molar-refractivity contribution is 7.94. The third-order valence-electron chi connectivity index (χ3n) is 2.82. The van der Waals surface area contributed by atoms with Crippen LogP contribution in [0.3, 0.4) is 0 Å². The number of hydrogen-bond acceptors (Lipinski definition) is 6. The van der Waals surface area contributed by atoms with Crippen molar-refractivity contribution in [2.75, 3.05) is 16.8 Å². The van der Waals surface area contributed by atoms with Crippen molar-refractivity contribution in [1.29, 1.82) is 0 Å². The van der Waals surface area contributed by atoms with Crippen molar-refractivity contribution in [1.82, 2.24) is 9.55 Å². The van der Waals surface area contributed by atoms with E-state index < -0.39 is 27.1 Å². The number of rotatable bonds is 3. The second-order valence-corrected chi connectivity index (χ2v) is 6.10. The van der Waals surface area contributed by atoms with Crippen molar-refractivity contribution in [3.05, 3.63) is 32.3 Å². The fourth-order valence-corrected chi connectivity index (χ4v) is 3.13. The molecule has 1 aliphatic heterocycles. The van der Waals surface area contributed by atoms with Crippen LogP contribution in [0.5, 0.6) is 0 Å². The van der Waals surface area contributed by atoms with E-state index in [1.807, 2.05) is 0 Å². The number of nitrogens with zero attached hydrogens (tertiary/aromatic N) is 1. The first-order valence-corrected chi connectivity index (χ1v) is 7.35. The lowest BCUT2D eigenvalue weighted by atomic mass is 10.3. The summed E-state index contributed by atoms with van der Waals surface area (Å²) in [5, 5.41) is 3.83. The summed E-state index contributed by atoms with van der Waals surface area (Å²) in [6.45, 7) is 2.01. The van der Waals surface area contributed by atoms with Gasteiger partial charge in [-0.05, 0) is 6.92 Å². The zero-order valence-electron chi connectivity index (χ0n) is 10.2. The highest BCUT2D eigenvalue weighted by atomic mass is 32.2. The van der Waals surface area contributed by atoms with E-state index in [1.165, 1.54) is 10.6 Å². The summed E-state index contributed by atoms with van der Waals surface area (Å²) in [6, 6.07) is -0.531. The van der Waals surface area contributed by atoms with Gasteiger partial charge in [-0.25, -0.2) is 13.2 Å². The minimum atomic E-state index is -3.23. The maximum Gasteiger partial charge on any atom is 0.330 e. The Labute approximate surface area is 108 Å². The maximum absolute atomic E-state index is 11.7. The molecule has 0 saturated carbocycles. The molecule has 0 fully saturated rings. The van der Waals surface area contributed by atoms with Crippen LogP contribution in [-0.2, 0) is 16.4 Å². The fraction of sp³-hybridized carbons (Fsp3) is 0.400. The van der Waals surface area contributed by atoms with Crippen LogP contribution >= 0.6 is 0 Å². The van der Waals surface area contributed by atoms with Crippen molar-refractivity contribution >= 4 is 21.3 Å². The minimum Gasteiger partial charge on any atom is -0.383 e. The van der Waals surface area contributed by atoms with Crippen molar-refractivity contribution in [2.24, 2.45) is 0 Å². The van der Waals surface area contributed by atoms with E-state index in [4.69, 9.17) is 5.73 Å². The standard InChI is InChI=1S/C10H14N4O4S/c1-2-14-8(11)7(9(15)13-10(14)16)12-6-3-4-19(17,18)5-6/h3-4,6,12H,2,5,11H2,1H3,(H,13,15,16). The number of sulfone groups is 1. The van der Waals surface area contributed by atoms with Crippen molar-refractivity contribution in [3.8, 4) is 0 Å². The minimum absolute atomic E-state index is 0.00560. The molecule has 1 aromatic heterocycles. The predicted molar refractivity (Wildman–Crippen MR) is 71.7 cm³/mol. The van der Waals surface area contributed by atoms with Crippen molar-refractivity contribution in [2.45, 2.75) is 19.5 Å². The number of H-pyrrole nitrogens is 1. The summed E-state index contributed by atoms with van der Waals surface area (Å²) in [7, 11) is -3.23. The predicted octanol–water partition coefficient (Wildman–Crippen LogP) is -1.14. The lowest BCUT2D eigenvalue weighted by molar-refractivity contribution is 0.605. The number of aromatic nitrogens is 2. The van der Waals surface area contributed by atoms with Gasteiger partial charge in [0.1, 0.15) is 11.5 Å². The molecular weight excluding hydrogens is 272 g/mol. The van der Waals surface area contributed by atoms with Gasteiger partial charge in [0.2, 0.25) is 0 Å². The molecular formula is C10H14N4O4S. The van der Waals surface area contributed by atoms with Gasteiger partial charge in [-0.2, -0.15) is 0 Å². The molecule has 0 aromatic carbocycles. The van der Waals surface area contributed by atoms with E-state index in [-0.39, 0.29) is 17.3 Å². The molecule has 2 heterocycles. The summed E-state index contributed by atoms with van der Waals surface area (Å²) in [4.78, 5) is 25.3. The molecule has 4 N–H and O–H groups in total. The average molecular weight is 286 g/mol. The van der Waals surface area contributed by atoms with Crippen LogP contribution in [0.15, 0.2) is 21.1 Å². The molecule has 0 bridgehead atoms.